The fourth-order valence-electron chi connectivity index (χ4n) is 1.92. The van der Waals surface area contributed by atoms with Gasteiger partial charge in [0.15, 0.2) is 5.03 Å². The Hall–Kier alpha value is -0.920. The maximum Gasteiger partial charge on any atom is 0.259 e. The second-order valence-corrected chi connectivity index (χ2v) is 6.45. The van der Waals surface area contributed by atoms with Crippen LogP contribution >= 0.6 is 0 Å². The number of sulfonamides is 1. The molecule has 1 atom stereocenters. The van der Waals surface area contributed by atoms with Gasteiger partial charge in [0, 0.05) is 19.8 Å². The van der Waals surface area contributed by atoms with Gasteiger partial charge in [0.1, 0.15) is 5.82 Å². The first-order valence-electron chi connectivity index (χ1n) is 6.49. The van der Waals surface area contributed by atoms with Crippen LogP contribution in [0.2, 0.25) is 0 Å². The van der Waals surface area contributed by atoms with E-state index in [1.54, 1.807) is 18.5 Å². The zero-order valence-corrected chi connectivity index (χ0v) is 12.7. The Morgan fingerprint density at radius 1 is 1.42 bits per heavy atom. The van der Waals surface area contributed by atoms with E-state index in [-0.39, 0.29) is 17.5 Å². The van der Waals surface area contributed by atoms with Crippen LogP contribution in [0, 0.1) is 12.8 Å². The molecule has 0 aromatic carbocycles. The number of aliphatic hydroxyl groups is 1. The van der Waals surface area contributed by atoms with E-state index >= 15 is 0 Å². The highest BCUT2D eigenvalue weighted by atomic mass is 32.2. The van der Waals surface area contributed by atoms with Gasteiger partial charge in [0.05, 0.1) is 6.10 Å². The molecule has 0 aliphatic rings. The number of aromatic nitrogens is 2. The Kier molecular flexibility index (Phi) is 5.51. The molecule has 6 nitrogen and oxygen atoms in total. The van der Waals surface area contributed by atoms with E-state index in [2.05, 4.69) is 9.71 Å². The summed E-state index contributed by atoms with van der Waals surface area (Å²) in [5.74, 6) is 0.731. The fourth-order valence-corrected chi connectivity index (χ4v) is 3.01. The number of aryl methyl sites for hydroxylation is 2. The number of rotatable bonds is 7. The molecular weight excluding hydrogens is 266 g/mol. The van der Waals surface area contributed by atoms with Crippen molar-refractivity contribution in [3.63, 3.8) is 0 Å². The Labute approximate surface area is 114 Å². The van der Waals surface area contributed by atoms with Gasteiger partial charge >= 0.3 is 0 Å². The Bertz CT molecular complexity index is 487. The Morgan fingerprint density at radius 2 is 2.00 bits per heavy atom. The first kappa shape index (κ1) is 16.1. The van der Waals surface area contributed by atoms with E-state index in [0.29, 0.717) is 5.82 Å². The predicted molar refractivity (Wildman–Crippen MR) is 73.2 cm³/mol. The summed E-state index contributed by atoms with van der Waals surface area (Å²) in [6.07, 6.45) is 2.43. The number of nitrogens with zero attached hydrogens (tertiary/aromatic N) is 2. The highest BCUT2D eigenvalue weighted by Crippen LogP contribution is 2.13. The lowest BCUT2D eigenvalue weighted by atomic mass is 9.97. The lowest BCUT2D eigenvalue weighted by molar-refractivity contribution is 0.107. The Morgan fingerprint density at radius 3 is 2.42 bits per heavy atom. The van der Waals surface area contributed by atoms with Gasteiger partial charge in [-0.15, -0.1) is 0 Å². The van der Waals surface area contributed by atoms with Crippen LogP contribution in [-0.4, -0.2) is 35.7 Å². The molecule has 1 aromatic heterocycles. The van der Waals surface area contributed by atoms with Crippen LogP contribution in [0.1, 0.15) is 32.5 Å². The molecular formula is C12H23N3O3S. The maximum absolute atomic E-state index is 12.0. The summed E-state index contributed by atoms with van der Waals surface area (Å²) in [6, 6.07) is 0. The molecule has 0 amide bonds. The van der Waals surface area contributed by atoms with Gasteiger partial charge in [-0.2, -0.15) is 0 Å². The number of hydrogen-bond donors (Lipinski definition) is 2. The summed E-state index contributed by atoms with van der Waals surface area (Å²) in [6.45, 7) is 5.71. The third-order valence-electron chi connectivity index (χ3n) is 3.44. The maximum atomic E-state index is 12.0. The van der Waals surface area contributed by atoms with Gasteiger partial charge in [0.2, 0.25) is 0 Å². The van der Waals surface area contributed by atoms with E-state index in [9.17, 15) is 13.5 Å². The number of aliphatic hydroxyl groups excluding tert-OH is 1. The quantitative estimate of drug-likeness (QED) is 0.778. The summed E-state index contributed by atoms with van der Waals surface area (Å²) in [5, 5.41) is 9.92. The zero-order valence-electron chi connectivity index (χ0n) is 11.9. The molecule has 7 heteroatoms. The van der Waals surface area contributed by atoms with Crippen molar-refractivity contribution in [2.75, 3.05) is 6.54 Å². The summed E-state index contributed by atoms with van der Waals surface area (Å²) >= 11 is 0. The van der Waals surface area contributed by atoms with E-state index < -0.39 is 16.1 Å². The van der Waals surface area contributed by atoms with E-state index in [1.807, 2.05) is 13.8 Å². The normalized spacial score (nSPS) is 14.0. The van der Waals surface area contributed by atoms with Gasteiger partial charge in [-0.3, -0.25) is 0 Å². The lowest BCUT2D eigenvalue weighted by Crippen LogP contribution is -2.36. The minimum atomic E-state index is -3.65. The van der Waals surface area contributed by atoms with Crippen LogP contribution in [0.5, 0.6) is 0 Å². The van der Waals surface area contributed by atoms with E-state index in [4.69, 9.17) is 0 Å². The van der Waals surface area contributed by atoms with Crippen LogP contribution in [0.25, 0.3) is 0 Å². The van der Waals surface area contributed by atoms with Crippen molar-refractivity contribution < 1.29 is 13.5 Å². The second-order valence-electron chi connectivity index (χ2n) is 4.73. The van der Waals surface area contributed by atoms with Crippen LogP contribution in [0.3, 0.4) is 0 Å². The fraction of sp³-hybridized carbons (Fsp3) is 0.750. The van der Waals surface area contributed by atoms with Crippen LogP contribution < -0.4 is 4.72 Å². The number of nitrogens with one attached hydrogen (secondary N) is 1. The highest BCUT2D eigenvalue weighted by molar-refractivity contribution is 7.89. The molecule has 0 fully saturated rings. The third kappa shape index (κ3) is 4.02. The minimum absolute atomic E-state index is 0.00996. The van der Waals surface area contributed by atoms with Gasteiger partial charge < -0.3 is 9.67 Å². The van der Waals surface area contributed by atoms with Crippen LogP contribution in [0.15, 0.2) is 11.2 Å². The molecule has 0 spiro atoms. The van der Waals surface area contributed by atoms with Crippen molar-refractivity contribution in [2.24, 2.45) is 13.0 Å². The third-order valence-corrected chi connectivity index (χ3v) is 4.73. The Balaban J connectivity index is 2.71. The summed E-state index contributed by atoms with van der Waals surface area (Å²) < 4.78 is 28.1. The molecule has 0 radical (unpaired) electrons. The first-order valence-corrected chi connectivity index (χ1v) is 7.97. The van der Waals surface area contributed by atoms with Crippen LogP contribution in [-0.2, 0) is 17.1 Å². The molecule has 0 saturated heterocycles. The molecule has 0 saturated carbocycles. The number of imidazole rings is 1. The molecule has 1 heterocycles. The van der Waals surface area contributed by atoms with Crippen molar-refractivity contribution in [1.29, 1.82) is 0 Å². The lowest BCUT2D eigenvalue weighted by Gasteiger charge is -2.19. The summed E-state index contributed by atoms with van der Waals surface area (Å²) in [5.41, 5.74) is 0. The summed E-state index contributed by atoms with van der Waals surface area (Å²) in [4.78, 5) is 3.98. The van der Waals surface area contributed by atoms with E-state index in [1.165, 1.54) is 6.20 Å². The smallest absolute Gasteiger partial charge is 0.259 e. The van der Waals surface area contributed by atoms with Crippen molar-refractivity contribution >= 4 is 10.0 Å². The highest BCUT2D eigenvalue weighted by Gasteiger charge is 2.22. The van der Waals surface area contributed by atoms with Crippen molar-refractivity contribution in [3.05, 3.63) is 12.0 Å². The zero-order chi connectivity index (χ0) is 14.6. The monoisotopic (exact) mass is 289 g/mol. The van der Waals surface area contributed by atoms with Crippen molar-refractivity contribution in [3.8, 4) is 0 Å². The van der Waals surface area contributed by atoms with E-state index in [0.717, 1.165) is 12.8 Å². The van der Waals surface area contributed by atoms with Crippen LogP contribution in [0.4, 0.5) is 0 Å². The van der Waals surface area contributed by atoms with Gasteiger partial charge in [0.25, 0.3) is 10.0 Å². The molecule has 0 aliphatic heterocycles. The standard InChI is InChI=1S/C12H23N3O3S/c1-5-10(6-2)11(16)7-13-19(17,18)12-8-15(4)9(3)14-12/h8,10-11,13,16H,5-7H2,1-4H3. The second kappa shape index (κ2) is 6.49. The molecule has 19 heavy (non-hydrogen) atoms. The SMILES string of the molecule is CCC(CC)C(O)CNS(=O)(=O)c1cn(C)c(C)n1. The molecule has 1 rings (SSSR count). The average Bonchev–Trinajstić information content (AvgIpc) is 2.70. The molecule has 110 valence electrons. The minimum Gasteiger partial charge on any atom is -0.391 e. The van der Waals surface area contributed by atoms with Crippen molar-refractivity contribution in [2.45, 2.75) is 44.7 Å². The molecule has 1 aromatic rings. The summed E-state index contributed by atoms with van der Waals surface area (Å²) in [7, 11) is -1.91. The molecule has 0 aliphatic carbocycles. The molecule has 0 bridgehead atoms. The topological polar surface area (TPSA) is 84.2 Å². The number of hydrogen-bond acceptors (Lipinski definition) is 4. The van der Waals surface area contributed by atoms with Gasteiger partial charge in [-0.25, -0.2) is 18.1 Å². The molecule has 1 unspecified atom stereocenters. The molecule has 2 N–H and O–H groups in total. The predicted octanol–water partition coefficient (Wildman–Crippen LogP) is 0.804. The van der Waals surface area contributed by atoms with Gasteiger partial charge in [-0.1, -0.05) is 26.7 Å². The largest absolute Gasteiger partial charge is 0.391 e. The van der Waals surface area contributed by atoms with Crippen molar-refractivity contribution in [1.82, 2.24) is 14.3 Å². The van der Waals surface area contributed by atoms with Gasteiger partial charge in [-0.05, 0) is 12.8 Å². The first-order chi connectivity index (χ1) is 8.81. The average molecular weight is 289 g/mol.